The van der Waals surface area contributed by atoms with Crippen LogP contribution >= 0.6 is 0 Å². The first kappa shape index (κ1) is 18.7. The molecule has 0 unspecified atom stereocenters. The van der Waals surface area contributed by atoms with Crippen LogP contribution in [0.25, 0.3) is 0 Å². The maximum absolute atomic E-state index is 12.5. The van der Waals surface area contributed by atoms with Gasteiger partial charge in [-0.3, -0.25) is 10.1 Å². The Kier molecular flexibility index (Phi) is 5.32. The van der Waals surface area contributed by atoms with E-state index in [1.54, 1.807) is 19.9 Å². The van der Waals surface area contributed by atoms with E-state index in [0.29, 0.717) is 16.9 Å². The predicted molar refractivity (Wildman–Crippen MR) is 92.6 cm³/mol. The molecule has 7 nitrogen and oxygen atoms in total. The minimum atomic E-state index is -4.21. The van der Waals surface area contributed by atoms with Gasteiger partial charge in [0.15, 0.2) is 0 Å². The average molecular weight is 365 g/mol. The van der Waals surface area contributed by atoms with E-state index in [2.05, 4.69) is 0 Å². The van der Waals surface area contributed by atoms with Crippen molar-refractivity contribution in [1.82, 2.24) is 0 Å². The molecule has 0 aliphatic rings. The normalized spacial score (nSPS) is 11.4. The Bertz CT molecular complexity index is 905. The lowest BCUT2D eigenvalue weighted by atomic mass is 10.2. The molecule has 8 heteroatoms. The summed E-state index contributed by atoms with van der Waals surface area (Å²) >= 11 is 0. The zero-order valence-electron chi connectivity index (χ0n) is 14.3. The van der Waals surface area contributed by atoms with Gasteiger partial charge in [0, 0.05) is 6.07 Å². The molecule has 0 amide bonds. The zero-order valence-corrected chi connectivity index (χ0v) is 15.2. The molecule has 134 valence electrons. The lowest BCUT2D eigenvalue weighted by Crippen LogP contribution is -2.12. The first-order valence-electron chi connectivity index (χ1n) is 7.57. The summed E-state index contributed by atoms with van der Waals surface area (Å²) < 4.78 is 35.5. The molecule has 2 aromatic carbocycles. The summed E-state index contributed by atoms with van der Waals surface area (Å²) in [6.07, 6.45) is -0.0485. The quantitative estimate of drug-likeness (QED) is 0.439. The van der Waals surface area contributed by atoms with Crippen molar-refractivity contribution in [3.8, 4) is 11.5 Å². The van der Waals surface area contributed by atoms with Gasteiger partial charge in [-0.25, -0.2) is 0 Å². The Morgan fingerprint density at radius 1 is 1.04 bits per heavy atom. The number of ether oxygens (including phenoxy) is 1. The molecule has 0 radical (unpaired) electrons. The molecule has 0 saturated heterocycles. The second kappa shape index (κ2) is 7.10. The predicted octanol–water partition coefficient (Wildman–Crippen LogP) is 3.77. The molecular formula is C17H19NO6S. The van der Waals surface area contributed by atoms with E-state index in [4.69, 9.17) is 8.92 Å². The lowest BCUT2D eigenvalue weighted by Gasteiger charge is -2.14. The molecule has 25 heavy (non-hydrogen) atoms. The van der Waals surface area contributed by atoms with Crippen LogP contribution in [0.4, 0.5) is 5.69 Å². The van der Waals surface area contributed by atoms with Crippen molar-refractivity contribution in [3.63, 3.8) is 0 Å². The van der Waals surface area contributed by atoms with Crippen molar-refractivity contribution in [3.05, 3.63) is 57.6 Å². The van der Waals surface area contributed by atoms with Gasteiger partial charge in [-0.1, -0.05) is 6.07 Å². The fourth-order valence-electron chi connectivity index (χ4n) is 2.17. The van der Waals surface area contributed by atoms with Gasteiger partial charge in [-0.15, -0.1) is 0 Å². The first-order valence-corrected chi connectivity index (χ1v) is 8.98. The second-order valence-corrected chi connectivity index (χ2v) is 7.41. The third kappa shape index (κ3) is 4.48. The molecule has 0 heterocycles. The second-order valence-electron chi connectivity index (χ2n) is 5.86. The van der Waals surface area contributed by atoms with Crippen LogP contribution in [0.3, 0.4) is 0 Å². The van der Waals surface area contributed by atoms with Crippen molar-refractivity contribution in [2.24, 2.45) is 0 Å². The molecule has 2 rings (SSSR count). The minimum Gasteiger partial charge on any atom is -0.491 e. The van der Waals surface area contributed by atoms with E-state index < -0.39 is 20.7 Å². The van der Waals surface area contributed by atoms with Gasteiger partial charge in [0.1, 0.15) is 10.6 Å². The molecule has 0 saturated carbocycles. The van der Waals surface area contributed by atoms with Crippen LogP contribution in [0, 0.1) is 24.0 Å². The summed E-state index contributed by atoms with van der Waals surface area (Å²) in [6.45, 7) is 7.11. The Balaban J connectivity index is 2.37. The third-order valence-corrected chi connectivity index (χ3v) is 4.54. The average Bonchev–Trinajstić information content (AvgIpc) is 2.50. The van der Waals surface area contributed by atoms with E-state index in [1.165, 1.54) is 30.3 Å². The van der Waals surface area contributed by atoms with Gasteiger partial charge < -0.3 is 8.92 Å². The summed E-state index contributed by atoms with van der Waals surface area (Å²) in [4.78, 5) is 10.3. The Hall–Kier alpha value is -2.61. The monoisotopic (exact) mass is 365 g/mol. The SMILES string of the molecule is Cc1ccc(OS(=O)(=O)c2ccc(OC(C)C)c(C)c2)c([N+](=O)[O-])c1. The molecule has 0 spiro atoms. The van der Waals surface area contributed by atoms with Gasteiger partial charge in [-0.2, -0.15) is 8.42 Å². The molecular weight excluding hydrogens is 346 g/mol. The van der Waals surface area contributed by atoms with Crippen molar-refractivity contribution in [2.45, 2.75) is 38.7 Å². The molecule has 0 N–H and O–H groups in total. The molecule has 0 bridgehead atoms. The van der Waals surface area contributed by atoms with Gasteiger partial charge in [0.05, 0.1) is 11.0 Å². The summed E-state index contributed by atoms with van der Waals surface area (Å²) in [6, 6.07) is 8.37. The molecule has 0 fully saturated rings. The maximum atomic E-state index is 12.5. The van der Waals surface area contributed by atoms with Gasteiger partial charge in [-0.05, 0) is 63.1 Å². The Morgan fingerprint density at radius 2 is 1.68 bits per heavy atom. The highest BCUT2D eigenvalue weighted by Gasteiger charge is 2.24. The first-order chi connectivity index (χ1) is 11.6. The Labute approximate surface area is 146 Å². The molecule has 2 aromatic rings. The fraction of sp³-hybridized carbons (Fsp3) is 0.294. The van der Waals surface area contributed by atoms with Crippen molar-refractivity contribution >= 4 is 15.8 Å². The smallest absolute Gasteiger partial charge is 0.339 e. The summed E-state index contributed by atoms with van der Waals surface area (Å²) in [7, 11) is -4.21. The number of nitrogens with zero attached hydrogens (tertiary/aromatic N) is 1. The Morgan fingerprint density at radius 3 is 2.24 bits per heavy atom. The summed E-state index contributed by atoms with van der Waals surface area (Å²) in [5.74, 6) is 0.242. The zero-order chi connectivity index (χ0) is 18.8. The lowest BCUT2D eigenvalue weighted by molar-refractivity contribution is -0.385. The molecule has 0 aromatic heterocycles. The van der Waals surface area contributed by atoms with Crippen LogP contribution in [0.2, 0.25) is 0 Å². The molecule has 0 aliphatic heterocycles. The van der Waals surface area contributed by atoms with E-state index >= 15 is 0 Å². The van der Waals surface area contributed by atoms with Crippen LogP contribution < -0.4 is 8.92 Å². The van der Waals surface area contributed by atoms with E-state index in [9.17, 15) is 18.5 Å². The largest absolute Gasteiger partial charge is 0.491 e. The highest BCUT2D eigenvalue weighted by molar-refractivity contribution is 7.87. The fourth-order valence-corrected chi connectivity index (χ4v) is 3.20. The number of nitro benzene ring substituents is 1. The van der Waals surface area contributed by atoms with Crippen molar-refractivity contribution in [2.75, 3.05) is 0 Å². The van der Waals surface area contributed by atoms with Crippen molar-refractivity contribution in [1.29, 1.82) is 0 Å². The third-order valence-electron chi connectivity index (χ3n) is 3.31. The number of hydrogen-bond donors (Lipinski definition) is 0. The van der Waals surface area contributed by atoms with Crippen LogP contribution in [0.1, 0.15) is 25.0 Å². The van der Waals surface area contributed by atoms with E-state index in [0.717, 1.165) is 0 Å². The van der Waals surface area contributed by atoms with Gasteiger partial charge >= 0.3 is 15.8 Å². The standard InChI is InChI=1S/C17H19NO6S/c1-11(2)23-16-8-6-14(10-13(16)4)25(21,22)24-17-7-5-12(3)9-15(17)18(19)20/h5-11H,1-4H3. The minimum absolute atomic E-state index is 0.0485. The molecule has 0 atom stereocenters. The highest BCUT2D eigenvalue weighted by atomic mass is 32.2. The number of rotatable bonds is 6. The number of nitro groups is 1. The van der Waals surface area contributed by atoms with Crippen molar-refractivity contribution < 1.29 is 22.3 Å². The summed E-state index contributed by atoms with van der Waals surface area (Å²) in [5.41, 5.74) is 0.847. The van der Waals surface area contributed by atoms with Gasteiger partial charge in [0.2, 0.25) is 5.75 Å². The van der Waals surface area contributed by atoms with E-state index in [-0.39, 0.29) is 16.7 Å². The van der Waals surface area contributed by atoms with Crippen LogP contribution in [0.15, 0.2) is 41.3 Å². The number of benzene rings is 2. The molecule has 0 aliphatic carbocycles. The topological polar surface area (TPSA) is 95.7 Å². The number of aryl methyl sites for hydroxylation is 2. The maximum Gasteiger partial charge on any atom is 0.339 e. The number of hydrogen-bond acceptors (Lipinski definition) is 6. The van der Waals surface area contributed by atoms with Crippen LogP contribution in [-0.4, -0.2) is 19.4 Å². The van der Waals surface area contributed by atoms with E-state index in [1.807, 2.05) is 13.8 Å². The summed E-state index contributed by atoms with van der Waals surface area (Å²) in [5, 5.41) is 11.1. The van der Waals surface area contributed by atoms with Crippen LogP contribution in [-0.2, 0) is 10.1 Å². The highest BCUT2D eigenvalue weighted by Crippen LogP contribution is 2.31. The van der Waals surface area contributed by atoms with Crippen LogP contribution in [0.5, 0.6) is 11.5 Å². The van der Waals surface area contributed by atoms with Gasteiger partial charge in [0.25, 0.3) is 0 Å².